The van der Waals surface area contributed by atoms with Gasteiger partial charge in [-0.3, -0.25) is 10.1 Å². The van der Waals surface area contributed by atoms with Crippen molar-refractivity contribution in [2.75, 3.05) is 13.8 Å². The fraction of sp³-hybridized carbons (Fsp3) is 0.400. The molecule has 4 heteroatoms. The van der Waals surface area contributed by atoms with Gasteiger partial charge < -0.3 is 9.64 Å². The normalized spacial score (nSPS) is 16.6. The lowest BCUT2D eigenvalue weighted by molar-refractivity contribution is -0.109. The number of nitrogens with one attached hydrogen (secondary N) is 1. The van der Waals surface area contributed by atoms with Crippen LogP contribution in [-0.2, 0) is 9.53 Å². The summed E-state index contributed by atoms with van der Waals surface area (Å²) in [7, 11) is 1.86. The maximum absolute atomic E-state index is 9.82. The van der Waals surface area contributed by atoms with E-state index in [1.807, 2.05) is 11.9 Å². The van der Waals surface area contributed by atoms with E-state index in [2.05, 4.69) is 5.32 Å². The molecule has 0 fully saturated rings. The number of hydrogen-bond acceptors (Lipinski definition) is 3. The van der Waals surface area contributed by atoms with Gasteiger partial charge in [-0.1, -0.05) is 0 Å². The topological polar surface area (TPSA) is 41.6 Å². The lowest BCUT2D eigenvalue weighted by Crippen LogP contribution is -2.09. The fourth-order valence-electron chi connectivity index (χ4n) is 0.583. The summed E-state index contributed by atoms with van der Waals surface area (Å²) in [5.41, 5.74) is 0. The summed E-state index contributed by atoms with van der Waals surface area (Å²) in [5.74, 6) is 0.507. The highest BCUT2D eigenvalue weighted by atomic mass is 16.5. The van der Waals surface area contributed by atoms with Crippen molar-refractivity contribution in [3.05, 3.63) is 12.1 Å². The summed E-state index contributed by atoms with van der Waals surface area (Å²) < 4.78 is 4.95. The van der Waals surface area contributed by atoms with Crippen LogP contribution >= 0.6 is 0 Å². The van der Waals surface area contributed by atoms with E-state index in [4.69, 9.17) is 4.74 Å². The van der Waals surface area contributed by atoms with Crippen molar-refractivity contribution < 1.29 is 9.53 Å². The van der Waals surface area contributed by atoms with E-state index in [0.717, 1.165) is 0 Å². The molecule has 0 unspecified atom stereocenters. The summed E-state index contributed by atoms with van der Waals surface area (Å²) in [5, 5.41) is 2.39. The van der Waals surface area contributed by atoms with Gasteiger partial charge in [0.2, 0.25) is 12.3 Å². The molecule has 0 bridgehead atoms. The Morgan fingerprint density at radius 1 is 2.00 bits per heavy atom. The van der Waals surface area contributed by atoms with Crippen LogP contribution in [0.1, 0.15) is 0 Å². The van der Waals surface area contributed by atoms with Gasteiger partial charge in [0.05, 0.1) is 6.20 Å². The van der Waals surface area contributed by atoms with Gasteiger partial charge >= 0.3 is 0 Å². The molecule has 0 aliphatic carbocycles. The molecule has 0 aromatic rings. The molecule has 4 nitrogen and oxygen atoms in total. The van der Waals surface area contributed by atoms with Gasteiger partial charge in [-0.05, 0) is 0 Å². The quantitative estimate of drug-likeness (QED) is 0.507. The second-order valence-electron chi connectivity index (χ2n) is 1.79. The van der Waals surface area contributed by atoms with Crippen molar-refractivity contribution in [1.29, 1.82) is 0 Å². The van der Waals surface area contributed by atoms with Gasteiger partial charge in [0.1, 0.15) is 0 Å². The second kappa shape index (κ2) is 2.39. The summed E-state index contributed by atoms with van der Waals surface area (Å²) >= 11 is 0. The third-order valence-electron chi connectivity index (χ3n) is 0.963. The minimum atomic E-state index is 0.507. The smallest absolute Gasteiger partial charge is 0.213 e. The molecule has 0 spiro atoms. The van der Waals surface area contributed by atoms with Gasteiger partial charge in [-0.25, -0.2) is 0 Å². The Balaban J connectivity index is 2.41. The first-order valence-corrected chi connectivity index (χ1v) is 2.58. The molecule has 1 N–H and O–H groups in total. The Labute approximate surface area is 53.1 Å². The van der Waals surface area contributed by atoms with Crippen LogP contribution in [0, 0.1) is 0 Å². The summed E-state index contributed by atoms with van der Waals surface area (Å²) in [6.07, 6.45) is 2.30. The molecule has 0 aromatic carbocycles. The molecular formula is C5H8N2O2. The zero-order valence-corrected chi connectivity index (χ0v) is 5.13. The first-order valence-electron chi connectivity index (χ1n) is 2.58. The first kappa shape index (κ1) is 5.94. The molecule has 50 valence electrons. The van der Waals surface area contributed by atoms with E-state index >= 15 is 0 Å². The molecule has 0 saturated carbocycles. The number of nitrogens with zero attached hydrogens (tertiary/aromatic N) is 1. The van der Waals surface area contributed by atoms with Crippen LogP contribution in [0.5, 0.6) is 0 Å². The Kier molecular flexibility index (Phi) is 1.58. The molecule has 1 heterocycles. The maximum Gasteiger partial charge on any atom is 0.213 e. The number of ether oxygens (including phenoxy) is 1. The number of rotatable bonds is 2. The average Bonchev–Trinajstić information content (AvgIpc) is 2.17. The molecule has 1 amide bonds. The summed E-state index contributed by atoms with van der Waals surface area (Å²) in [6, 6.07) is 0. The Morgan fingerprint density at radius 3 is 3.22 bits per heavy atom. The number of amides is 1. The summed E-state index contributed by atoms with van der Waals surface area (Å²) in [4.78, 5) is 11.6. The molecule has 0 radical (unpaired) electrons. The number of carbonyl (C=O) groups is 1. The molecule has 0 saturated heterocycles. The maximum atomic E-state index is 9.82. The molecule has 1 aliphatic rings. The fourth-order valence-corrected chi connectivity index (χ4v) is 0.583. The van der Waals surface area contributed by atoms with Crippen molar-refractivity contribution in [1.82, 2.24) is 10.2 Å². The predicted octanol–water partition coefficient (Wildman–Crippen LogP) is -0.549. The number of hydrogen-bond donors (Lipinski definition) is 1. The molecule has 9 heavy (non-hydrogen) atoms. The van der Waals surface area contributed by atoms with Crippen LogP contribution in [-0.4, -0.2) is 25.1 Å². The minimum absolute atomic E-state index is 0.507. The minimum Gasteiger partial charge on any atom is -0.457 e. The van der Waals surface area contributed by atoms with Crippen LogP contribution in [0.15, 0.2) is 12.1 Å². The first-order chi connectivity index (χ1) is 4.33. The molecular weight excluding hydrogens is 120 g/mol. The van der Waals surface area contributed by atoms with E-state index in [1.165, 1.54) is 0 Å². The Morgan fingerprint density at radius 2 is 2.78 bits per heavy atom. The Hall–Kier alpha value is -1.19. The average molecular weight is 128 g/mol. The van der Waals surface area contributed by atoms with Gasteiger partial charge in [0.25, 0.3) is 0 Å². The molecule has 1 aliphatic heterocycles. The lowest BCUT2D eigenvalue weighted by atomic mass is 10.8. The van der Waals surface area contributed by atoms with E-state index in [0.29, 0.717) is 19.0 Å². The third-order valence-corrected chi connectivity index (χ3v) is 0.963. The van der Waals surface area contributed by atoms with Gasteiger partial charge in [0, 0.05) is 7.05 Å². The van der Waals surface area contributed by atoms with Crippen molar-refractivity contribution in [3.63, 3.8) is 0 Å². The van der Waals surface area contributed by atoms with Crippen LogP contribution in [0.2, 0.25) is 0 Å². The van der Waals surface area contributed by atoms with E-state index in [9.17, 15) is 4.79 Å². The van der Waals surface area contributed by atoms with E-state index in [-0.39, 0.29) is 0 Å². The van der Waals surface area contributed by atoms with Crippen LogP contribution in [0.4, 0.5) is 0 Å². The van der Waals surface area contributed by atoms with Crippen molar-refractivity contribution in [2.45, 2.75) is 0 Å². The van der Waals surface area contributed by atoms with Gasteiger partial charge in [0.15, 0.2) is 6.73 Å². The molecule has 1 rings (SSSR count). The van der Waals surface area contributed by atoms with Gasteiger partial charge in [-0.2, -0.15) is 0 Å². The molecule has 0 aromatic heterocycles. The van der Waals surface area contributed by atoms with Crippen LogP contribution in [0.25, 0.3) is 0 Å². The second-order valence-corrected chi connectivity index (χ2v) is 1.79. The zero-order valence-electron chi connectivity index (χ0n) is 5.13. The highest BCUT2D eigenvalue weighted by molar-refractivity contribution is 5.49. The van der Waals surface area contributed by atoms with Crippen LogP contribution in [0.3, 0.4) is 0 Å². The van der Waals surface area contributed by atoms with Crippen molar-refractivity contribution in [3.8, 4) is 0 Å². The lowest BCUT2D eigenvalue weighted by Gasteiger charge is -2.01. The monoisotopic (exact) mass is 128 g/mol. The number of carbonyl (C=O) groups excluding carboxylic acids is 1. The SMILES string of the molecule is CN1C=C(NC=O)OC1. The van der Waals surface area contributed by atoms with Crippen molar-refractivity contribution in [2.24, 2.45) is 0 Å². The predicted molar refractivity (Wildman–Crippen MR) is 31.0 cm³/mol. The zero-order chi connectivity index (χ0) is 6.69. The molecule has 0 atom stereocenters. The van der Waals surface area contributed by atoms with E-state index < -0.39 is 0 Å². The third kappa shape index (κ3) is 1.35. The van der Waals surface area contributed by atoms with E-state index in [1.54, 1.807) is 6.20 Å². The standard InChI is InChI=1S/C5H8N2O2/c1-7-2-5(6-3-8)9-4-7/h2-3H,4H2,1H3,(H,6,8). The summed E-state index contributed by atoms with van der Waals surface area (Å²) in [6.45, 7) is 0.510. The van der Waals surface area contributed by atoms with Crippen LogP contribution < -0.4 is 5.32 Å². The van der Waals surface area contributed by atoms with Crippen molar-refractivity contribution >= 4 is 6.41 Å². The largest absolute Gasteiger partial charge is 0.457 e. The highest BCUT2D eigenvalue weighted by Gasteiger charge is 2.06. The van der Waals surface area contributed by atoms with Gasteiger partial charge in [-0.15, -0.1) is 0 Å². The highest BCUT2D eigenvalue weighted by Crippen LogP contribution is 2.03. The Bertz CT molecular complexity index is 144.